The maximum atomic E-state index is 13.5. The van der Waals surface area contributed by atoms with Gasteiger partial charge in [0, 0.05) is 27.9 Å². The van der Waals surface area contributed by atoms with Crippen LogP contribution in [0.1, 0.15) is 38.5 Å². The standard InChI is InChI=1S/C26H28N2O3S/c1-19-11-14-24(32-19)17-27(16-20-7-4-3-5-8-20)25(29)18-28(22-12-13-22)26(30)21-9-6-10-23(15-21)31-2/h3-11,14-15,22H,12-13,16-18H2,1-2H3. The van der Waals surface area contributed by atoms with Gasteiger partial charge in [-0.1, -0.05) is 36.4 Å². The summed E-state index contributed by atoms with van der Waals surface area (Å²) in [7, 11) is 1.58. The molecule has 5 nitrogen and oxygen atoms in total. The summed E-state index contributed by atoms with van der Waals surface area (Å²) in [6, 6.07) is 21.4. The summed E-state index contributed by atoms with van der Waals surface area (Å²) >= 11 is 1.70. The fourth-order valence-electron chi connectivity index (χ4n) is 3.71. The molecule has 1 saturated carbocycles. The Hall–Kier alpha value is -3.12. The zero-order valence-corrected chi connectivity index (χ0v) is 19.3. The van der Waals surface area contributed by atoms with Gasteiger partial charge in [-0.15, -0.1) is 11.3 Å². The minimum atomic E-state index is -0.119. The Labute approximate surface area is 193 Å². The first kappa shape index (κ1) is 22.1. The van der Waals surface area contributed by atoms with Crippen molar-refractivity contribution in [3.63, 3.8) is 0 Å². The van der Waals surface area contributed by atoms with Crippen LogP contribution in [-0.2, 0) is 17.9 Å². The van der Waals surface area contributed by atoms with E-state index in [0.29, 0.717) is 24.4 Å². The highest BCUT2D eigenvalue weighted by atomic mass is 32.1. The first-order chi connectivity index (χ1) is 15.5. The second kappa shape index (κ2) is 10.0. The third-order valence-corrected chi connectivity index (χ3v) is 6.57. The zero-order valence-electron chi connectivity index (χ0n) is 18.5. The quantitative estimate of drug-likeness (QED) is 0.468. The van der Waals surface area contributed by atoms with Crippen molar-refractivity contribution in [2.45, 2.75) is 38.9 Å². The first-order valence-corrected chi connectivity index (χ1v) is 11.7. The van der Waals surface area contributed by atoms with E-state index in [-0.39, 0.29) is 24.4 Å². The molecule has 6 heteroatoms. The number of hydrogen-bond donors (Lipinski definition) is 0. The Morgan fingerprint density at radius 2 is 1.78 bits per heavy atom. The van der Waals surface area contributed by atoms with Gasteiger partial charge in [0.15, 0.2) is 0 Å². The predicted molar refractivity (Wildman–Crippen MR) is 127 cm³/mol. The van der Waals surface area contributed by atoms with Crippen molar-refractivity contribution < 1.29 is 14.3 Å². The van der Waals surface area contributed by atoms with Gasteiger partial charge in [-0.25, -0.2) is 0 Å². The summed E-state index contributed by atoms with van der Waals surface area (Å²) < 4.78 is 5.27. The molecule has 3 aromatic rings. The first-order valence-electron chi connectivity index (χ1n) is 10.9. The SMILES string of the molecule is COc1cccc(C(=O)N(CC(=O)N(Cc2ccccc2)Cc2ccc(C)s2)C2CC2)c1. The fourth-order valence-corrected chi connectivity index (χ4v) is 4.62. The van der Waals surface area contributed by atoms with Crippen LogP contribution in [0.2, 0.25) is 0 Å². The van der Waals surface area contributed by atoms with E-state index >= 15 is 0 Å². The highest BCUT2D eigenvalue weighted by Gasteiger charge is 2.35. The van der Waals surface area contributed by atoms with Crippen molar-refractivity contribution in [2.24, 2.45) is 0 Å². The van der Waals surface area contributed by atoms with Crippen molar-refractivity contribution in [2.75, 3.05) is 13.7 Å². The summed E-state index contributed by atoms with van der Waals surface area (Å²) in [5, 5.41) is 0. The van der Waals surface area contributed by atoms with Crippen LogP contribution < -0.4 is 4.74 Å². The van der Waals surface area contributed by atoms with E-state index < -0.39 is 0 Å². The molecule has 1 aliphatic rings. The third kappa shape index (κ3) is 5.56. The third-order valence-electron chi connectivity index (χ3n) is 5.58. The van der Waals surface area contributed by atoms with Crippen LogP contribution in [0.15, 0.2) is 66.7 Å². The Morgan fingerprint density at radius 3 is 2.44 bits per heavy atom. The normalized spacial score (nSPS) is 12.9. The highest BCUT2D eigenvalue weighted by molar-refractivity contribution is 7.11. The summed E-state index contributed by atoms with van der Waals surface area (Å²) in [6.45, 7) is 3.21. The molecule has 0 bridgehead atoms. The zero-order chi connectivity index (χ0) is 22.5. The van der Waals surface area contributed by atoms with Gasteiger partial charge in [0.25, 0.3) is 5.91 Å². The fraction of sp³-hybridized carbons (Fsp3) is 0.308. The van der Waals surface area contributed by atoms with Crippen LogP contribution in [0.25, 0.3) is 0 Å². The Morgan fingerprint density at radius 1 is 1.00 bits per heavy atom. The molecule has 32 heavy (non-hydrogen) atoms. The molecular weight excluding hydrogens is 420 g/mol. The second-order valence-corrected chi connectivity index (χ2v) is 9.52. The number of ether oxygens (including phenoxy) is 1. The molecule has 0 spiro atoms. The number of rotatable bonds is 9. The number of amides is 2. The lowest BCUT2D eigenvalue weighted by molar-refractivity contribution is -0.133. The molecule has 2 aromatic carbocycles. The maximum absolute atomic E-state index is 13.5. The molecule has 2 amide bonds. The number of nitrogens with zero attached hydrogens (tertiary/aromatic N) is 2. The van der Waals surface area contributed by atoms with Crippen LogP contribution in [0.5, 0.6) is 5.75 Å². The van der Waals surface area contributed by atoms with Crippen LogP contribution in [0, 0.1) is 6.92 Å². The van der Waals surface area contributed by atoms with Gasteiger partial charge in [-0.05, 0) is 55.7 Å². The van der Waals surface area contributed by atoms with Gasteiger partial charge < -0.3 is 14.5 Å². The van der Waals surface area contributed by atoms with Gasteiger partial charge in [0.1, 0.15) is 12.3 Å². The van der Waals surface area contributed by atoms with Gasteiger partial charge in [-0.3, -0.25) is 9.59 Å². The molecule has 0 unspecified atom stereocenters. The number of aryl methyl sites for hydroxylation is 1. The molecule has 1 aromatic heterocycles. The summed E-state index contributed by atoms with van der Waals surface area (Å²) in [6.07, 6.45) is 1.87. The van der Waals surface area contributed by atoms with Crippen LogP contribution in [-0.4, -0.2) is 41.3 Å². The van der Waals surface area contributed by atoms with E-state index in [9.17, 15) is 9.59 Å². The van der Waals surface area contributed by atoms with Gasteiger partial charge >= 0.3 is 0 Å². The van der Waals surface area contributed by atoms with Crippen LogP contribution >= 0.6 is 11.3 Å². The molecule has 0 atom stereocenters. The molecule has 4 rings (SSSR count). The molecule has 0 aliphatic heterocycles. The second-order valence-electron chi connectivity index (χ2n) is 8.14. The molecule has 1 fully saturated rings. The molecule has 1 aliphatic carbocycles. The minimum Gasteiger partial charge on any atom is -0.497 e. The molecule has 0 radical (unpaired) electrons. The van der Waals surface area contributed by atoms with Crippen LogP contribution in [0.3, 0.4) is 0 Å². The number of carbonyl (C=O) groups is 2. The van der Waals surface area contributed by atoms with E-state index in [1.807, 2.05) is 41.3 Å². The van der Waals surface area contributed by atoms with E-state index in [4.69, 9.17) is 4.74 Å². The van der Waals surface area contributed by atoms with Crippen molar-refractivity contribution in [1.82, 2.24) is 9.80 Å². The number of carbonyl (C=O) groups excluding carboxylic acids is 2. The molecular formula is C26H28N2O3S. The smallest absolute Gasteiger partial charge is 0.254 e. The Kier molecular flexibility index (Phi) is 6.90. The summed E-state index contributed by atoms with van der Waals surface area (Å²) in [5.74, 6) is 0.478. The van der Waals surface area contributed by atoms with Crippen molar-refractivity contribution in [3.05, 3.63) is 87.6 Å². The monoisotopic (exact) mass is 448 g/mol. The number of thiophene rings is 1. The van der Waals surface area contributed by atoms with Crippen molar-refractivity contribution in [3.8, 4) is 5.75 Å². The Bertz CT molecular complexity index is 1080. The Balaban J connectivity index is 1.53. The van der Waals surface area contributed by atoms with Crippen molar-refractivity contribution in [1.29, 1.82) is 0 Å². The number of hydrogen-bond acceptors (Lipinski definition) is 4. The number of methoxy groups -OCH3 is 1. The van der Waals surface area contributed by atoms with E-state index in [1.54, 1.807) is 41.5 Å². The molecule has 1 heterocycles. The predicted octanol–water partition coefficient (Wildman–Crippen LogP) is 4.90. The lowest BCUT2D eigenvalue weighted by Gasteiger charge is -2.28. The average molecular weight is 449 g/mol. The minimum absolute atomic E-state index is 0.0388. The van der Waals surface area contributed by atoms with Gasteiger partial charge in [-0.2, -0.15) is 0 Å². The van der Waals surface area contributed by atoms with E-state index in [1.165, 1.54) is 4.88 Å². The highest BCUT2D eigenvalue weighted by Crippen LogP contribution is 2.29. The summed E-state index contributed by atoms with van der Waals surface area (Å²) in [5.41, 5.74) is 1.62. The van der Waals surface area contributed by atoms with Crippen LogP contribution in [0.4, 0.5) is 0 Å². The lowest BCUT2D eigenvalue weighted by atomic mass is 10.1. The summed E-state index contributed by atoms with van der Waals surface area (Å²) in [4.78, 5) is 32.7. The molecule has 166 valence electrons. The molecule has 0 saturated heterocycles. The largest absolute Gasteiger partial charge is 0.497 e. The lowest BCUT2D eigenvalue weighted by Crippen LogP contribution is -2.43. The number of benzene rings is 2. The molecule has 0 N–H and O–H groups in total. The van der Waals surface area contributed by atoms with Gasteiger partial charge in [0.2, 0.25) is 5.91 Å². The van der Waals surface area contributed by atoms with E-state index in [2.05, 4.69) is 19.1 Å². The average Bonchev–Trinajstić information content (AvgIpc) is 3.58. The van der Waals surface area contributed by atoms with Gasteiger partial charge in [0.05, 0.1) is 13.7 Å². The maximum Gasteiger partial charge on any atom is 0.254 e. The topological polar surface area (TPSA) is 49.9 Å². The van der Waals surface area contributed by atoms with E-state index in [0.717, 1.165) is 23.3 Å². The van der Waals surface area contributed by atoms with Crippen molar-refractivity contribution >= 4 is 23.2 Å².